The van der Waals surface area contributed by atoms with Gasteiger partial charge in [0.15, 0.2) is 0 Å². The monoisotopic (exact) mass is 357 g/mol. The highest BCUT2D eigenvalue weighted by Crippen LogP contribution is 2.09. The van der Waals surface area contributed by atoms with Crippen LogP contribution in [-0.2, 0) is 14.4 Å². The van der Waals surface area contributed by atoms with Gasteiger partial charge >= 0.3 is 17.9 Å². The van der Waals surface area contributed by atoms with E-state index in [1.54, 1.807) is 0 Å². The first-order valence-electron chi connectivity index (χ1n) is 6.62. The number of pyridine rings is 1. The number of carbonyl (C=O) groups excluding carboxylic acids is 3. The van der Waals surface area contributed by atoms with Gasteiger partial charge in [-0.25, -0.2) is 9.78 Å². The van der Waals surface area contributed by atoms with Crippen LogP contribution < -0.4 is 16.0 Å². The van der Waals surface area contributed by atoms with E-state index in [0.29, 0.717) is 5.02 Å². The van der Waals surface area contributed by atoms with Gasteiger partial charge in [0.2, 0.25) is 5.91 Å². The Hall–Kier alpha value is -2.88. The van der Waals surface area contributed by atoms with Crippen molar-refractivity contribution < 1.29 is 24.3 Å². The quantitative estimate of drug-likeness (QED) is 0.524. The Morgan fingerprint density at radius 3 is 2.42 bits per heavy atom. The molecule has 4 amide bonds. The molecule has 1 aromatic rings. The van der Waals surface area contributed by atoms with Gasteiger partial charge in [0.25, 0.3) is 0 Å². The van der Waals surface area contributed by atoms with Gasteiger partial charge in [-0.3, -0.25) is 14.4 Å². The van der Waals surface area contributed by atoms with Gasteiger partial charge in [0.1, 0.15) is 11.9 Å². The molecule has 0 aliphatic carbocycles. The van der Waals surface area contributed by atoms with Crippen molar-refractivity contribution in [2.45, 2.75) is 6.04 Å². The van der Waals surface area contributed by atoms with Gasteiger partial charge in [-0.1, -0.05) is 11.6 Å². The zero-order chi connectivity index (χ0) is 18.3. The normalized spacial score (nSPS) is 11.1. The maximum absolute atomic E-state index is 11.9. The average Bonchev–Trinajstić information content (AvgIpc) is 2.52. The fourth-order valence-electron chi connectivity index (χ4n) is 1.55. The van der Waals surface area contributed by atoms with Gasteiger partial charge < -0.3 is 26.0 Å². The molecule has 0 bridgehead atoms. The first-order valence-corrected chi connectivity index (χ1v) is 7.00. The van der Waals surface area contributed by atoms with E-state index in [2.05, 4.69) is 15.6 Å². The summed E-state index contributed by atoms with van der Waals surface area (Å²) >= 11 is 5.65. The molecule has 1 atom stereocenters. The number of carbonyl (C=O) groups is 4. The molecule has 0 saturated heterocycles. The summed E-state index contributed by atoms with van der Waals surface area (Å²) in [4.78, 5) is 51.1. The minimum atomic E-state index is -1.37. The van der Waals surface area contributed by atoms with Crippen LogP contribution in [0.4, 0.5) is 10.6 Å². The molecule has 0 fully saturated rings. The van der Waals surface area contributed by atoms with Crippen molar-refractivity contribution in [1.29, 1.82) is 0 Å². The third-order valence-electron chi connectivity index (χ3n) is 2.68. The lowest BCUT2D eigenvalue weighted by molar-refractivity contribution is -0.139. The third kappa shape index (κ3) is 6.08. The number of halogens is 1. The van der Waals surface area contributed by atoms with Gasteiger partial charge in [-0.15, -0.1) is 0 Å². The molecule has 130 valence electrons. The van der Waals surface area contributed by atoms with Crippen LogP contribution in [0.15, 0.2) is 18.3 Å². The highest BCUT2D eigenvalue weighted by atomic mass is 35.5. The lowest BCUT2D eigenvalue weighted by Gasteiger charge is -2.21. The lowest BCUT2D eigenvalue weighted by Crippen LogP contribution is -2.54. The number of amides is 4. The Balaban J connectivity index is 2.71. The topological polar surface area (TPSA) is 141 Å². The maximum Gasteiger partial charge on any atom is 0.404 e. The van der Waals surface area contributed by atoms with E-state index < -0.39 is 29.9 Å². The minimum Gasteiger partial charge on any atom is -0.465 e. The van der Waals surface area contributed by atoms with Crippen molar-refractivity contribution in [3.05, 3.63) is 23.4 Å². The van der Waals surface area contributed by atoms with Crippen LogP contribution in [0.3, 0.4) is 0 Å². The number of hydrogen-bond acceptors (Lipinski definition) is 5. The van der Waals surface area contributed by atoms with Crippen LogP contribution in [0.5, 0.6) is 0 Å². The molecule has 0 saturated carbocycles. The summed E-state index contributed by atoms with van der Waals surface area (Å²) in [6.45, 7) is -0.384. The number of aromatic nitrogens is 1. The number of rotatable bonds is 5. The minimum absolute atomic E-state index is 0.0960. The summed E-state index contributed by atoms with van der Waals surface area (Å²) in [5.74, 6) is -2.65. The number of nitrogens with one attached hydrogen (secondary N) is 3. The molecule has 0 radical (unpaired) electrons. The average molecular weight is 358 g/mol. The van der Waals surface area contributed by atoms with Crippen molar-refractivity contribution >= 4 is 41.2 Å². The molecule has 24 heavy (non-hydrogen) atoms. The predicted octanol–water partition coefficient (Wildman–Crippen LogP) is -0.486. The second-order valence-electron chi connectivity index (χ2n) is 4.76. The molecule has 0 aromatic carbocycles. The number of hydrogen-bond donors (Lipinski definition) is 4. The maximum atomic E-state index is 11.9. The molecule has 0 aliphatic rings. The summed E-state index contributed by atoms with van der Waals surface area (Å²) in [5.41, 5.74) is 0. The number of nitrogens with zero attached hydrogens (tertiary/aromatic N) is 2. The highest BCUT2D eigenvalue weighted by Gasteiger charge is 2.26. The second kappa shape index (κ2) is 8.67. The Bertz CT molecular complexity index is 634. The van der Waals surface area contributed by atoms with E-state index in [1.165, 1.54) is 32.4 Å². The van der Waals surface area contributed by atoms with Crippen LogP contribution in [0, 0.1) is 0 Å². The molecular formula is C13H16ClN5O5. The predicted molar refractivity (Wildman–Crippen MR) is 84.5 cm³/mol. The number of likely N-dealkylation sites (N-methyl/N-ethyl adjacent to an activating group) is 1. The Morgan fingerprint density at radius 2 is 1.92 bits per heavy atom. The van der Waals surface area contributed by atoms with Gasteiger partial charge in [-0.2, -0.15) is 0 Å². The SMILES string of the molecule is CN(C)C(=O)[C@@H](CNC(=O)O)NC(=O)C(=O)Nc1ccc(Cl)cn1. The standard InChI is InChI=1S/C13H16ClN5O5/c1-19(2)12(22)8(6-16-13(23)24)17-10(20)11(21)18-9-4-3-7(14)5-15-9/h3-5,8,16H,6H2,1-2H3,(H,17,20)(H,23,24)(H,15,18,21)/t8-/m1/s1. The van der Waals surface area contributed by atoms with Gasteiger partial charge in [0.05, 0.1) is 11.6 Å². The second-order valence-corrected chi connectivity index (χ2v) is 5.20. The molecular weight excluding hydrogens is 342 g/mol. The zero-order valence-electron chi connectivity index (χ0n) is 12.9. The summed E-state index contributed by atoms with van der Waals surface area (Å²) in [6, 6.07) is 1.63. The largest absolute Gasteiger partial charge is 0.465 e. The van der Waals surface area contributed by atoms with Crippen LogP contribution in [0.25, 0.3) is 0 Å². The smallest absolute Gasteiger partial charge is 0.404 e. The van der Waals surface area contributed by atoms with Crippen molar-refractivity contribution in [2.75, 3.05) is 26.0 Å². The van der Waals surface area contributed by atoms with E-state index in [9.17, 15) is 19.2 Å². The Kier molecular flexibility index (Phi) is 6.93. The summed E-state index contributed by atoms with van der Waals surface area (Å²) in [5, 5.41) is 15.3. The van der Waals surface area contributed by atoms with Gasteiger partial charge in [-0.05, 0) is 12.1 Å². The van der Waals surface area contributed by atoms with Crippen LogP contribution in [0.2, 0.25) is 5.02 Å². The summed E-state index contributed by atoms with van der Waals surface area (Å²) in [6.07, 6.45) is -0.0832. The van der Waals surface area contributed by atoms with E-state index in [1.807, 2.05) is 5.32 Å². The molecule has 1 rings (SSSR count). The molecule has 1 heterocycles. The molecule has 11 heteroatoms. The lowest BCUT2D eigenvalue weighted by atomic mass is 10.2. The van der Waals surface area contributed by atoms with E-state index in [0.717, 1.165) is 4.90 Å². The van der Waals surface area contributed by atoms with Crippen LogP contribution >= 0.6 is 11.6 Å². The fourth-order valence-corrected chi connectivity index (χ4v) is 1.66. The summed E-state index contributed by atoms with van der Waals surface area (Å²) in [7, 11) is 2.86. The molecule has 4 N–H and O–H groups in total. The van der Waals surface area contributed by atoms with Crippen molar-refractivity contribution in [1.82, 2.24) is 20.5 Å². The van der Waals surface area contributed by atoms with Crippen LogP contribution in [0.1, 0.15) is 0 Å². The van der Waals surface area contributed by atoms with Crippen LogP contribution in [-0.4, -0.2) is 65.5 Å². The van der Waals surface area contributed by atoms with Crippen molar-refractivity contribution in [3.8, 4) is 0 Å². The van der Waals surface area contributed by atoms with E-state index >= 15 is 0 Å². The summed E-state index contributed by atoms with van der Waals surface area (Å²) < 4.78 is 0. The van der Waals surface area contributed by atoms with Crippen molar-refractivity contribution in [3.63, 3.8) is 0 Å². The first-order chi connectivity index (χ1) is 11.2. The van der Waals surface area contributed by atoms with E-state index in [4.69, 9.17) is 16.7 Å². The van der Waals surface area contributed by atoms with Gasteiger partial charge in [0, 0.05) is 20.3 Å². The first kappa shape index (κ1) is 19.2. The third-order valence-corrected chi connectivity index (χ3v) is 2.90. The van der Waals surface area contributed by atoms with Crippen molar-refractivity contribution in [2.24, 2.45) is 0 Å². The van der Waals surface area contributed by atoms with E-state index in [-0.39, 0.29) is 12.4 Å². The fraction of sp³-hybridized carbons (Fsp3) is 0.308. The number of carboxylic acid groups (broad SMARTS) is 1. The molecule has 10 nitrogen and oxygen atoms in total. The number of anilines is 1. The Labute approximate surface area is 142 Å². The molecule has 1 aromatic heterocycles. The molecule has 0 spiro atoms. The molecule has 0 unspecified atom stereocenters. The zero-order valence-corrected chi connectivity index (χ0v) is 13.6. The highest BCUT2D eigenvalue weighted by molar-refractivity contribution is 6.40. The Morgan fingerprint density at radius 1 is 1.25 bits per heavy atom. The molecule has 0 aliphatic heterocycles.